The predicted octanol–water partition coefficient (Wildman–Crippen LogP) is 1.92. The first kappa shape index (κ1) is 15.2. The number of rotatable bonds is 2. The van der Waals surface area contributed by atoms with Crippen molar-refractivity contribution in [2.24, 2.45) is 11.3 Å². The summed E-state index contributed by atoms with van der Waals surface area (Å²) in [6.07, 6.45) is 3.70. The Balaban J connectivity index is 1.29. The normalized spacial score (nSPS) is 29.6. The summed E-state index contributed by atoms with van der Waals surface area (Å²) in [6.45, 7) is 3.03. The first-order chi connectivity index (χ1) is 12.2. The van der Waals surface area contributed by atoms with Crippen LogP contribution in [0.2, 0.25) is 0 Å². The minimum Gasteiger partial charge on any atom is -0.381 e. The van der Waals surface area contributed by atoms with Gasteiger partial charge in [0.25, 0.3) is 0 Å². The first-order valence-electron chi connectivity index (χ1n) is 9.24. The number of amides is 1. The molecule has 2 aliphatic heterocycles. The minimum atomic E-state index is -0.0461. The van der Waals surface area contributed by atoms with Crippen LogP contribution in [0.25, 0.3) is 11.0 Å². The van der Waals surface area contributed by atoms with Gasteiger partial charge in [-0.25, -0.2) is 4.79 Å². The summed E-state index contributed by atoms with van der Waals surface area (Å²) in [5, 5.41) is 0. The topological polar surface area (TPSA) is 67.3 Å². The number of hydrogen-bond donors (Lipinski definition) is 1. The van der Waals surface area contributed by atoms with Crippen molar-refractivity contribution in [3.63, 3.8) is 0 Å². The summed E-state index contributed by atoms with van der Waals surface area (Å²) in [5.74, 6) is 0.470. The molecule has 0 bridgehead atoms. The summed E-state index contributed by atoms with van der Waals surface area (Å²) >= 11 is 0. The molecule has 3 heterocycles. The lowest BCUT2D eigenvalue weighted by molar-refractivity contribution is -0.134. The Kier molecular flexibility index (Phi) is 3.32. The van der Waals surface area contributed by atoms with E-state index in [1.165, 1.54) is 0 Å². The van der Waals surface area contributed by atoms with Crippen molar-refractivity contribution in [3.05, 3.63) is 34.7 Å². The summed E-state index contributed by atoms with van der Waals surface area (Å²) in [5.41, 5.74) is 1.95. The lowest BCUT2D eigenvalue weighted by atomic mass is 10.0. The van der Waals surface area contributed by atoms with Gasteiger partial charge in [-0.15, -0.1) is 0 Å². The Hall–Kier alpha value is -2.08. The van der Waals surface area contributed by atoms with E-state index in [0.717, 1.165) is 63.0 Å². The van der Waals surface area contributed by atoms with E-state index in [-0.39, 0.29) is 23.1 Å². The molecule has 5 rings (SSSR count). The van der Waals surface area contributed by atoms with Gasteiger partial charge in [0.2, 0.25) is 5.91 Å². The number of hydrogen-bond acceptors (Lipinski definition) is 3. The van der Waals surface area contributed by atoms with Crippen molar-refractivity contribution >= 4 is 16.9 Å². The maximum Gasteiger partial charge on any atom is 0.326 e. The minimum absolute atomic E-state index is 0.0461. The average Bonchev–Trinajstić information content (AvgIpc) is 2.96. The van der Waals surface area contributed by atoms with Crippen molar-refractivity contribution in [3.8, 4) is 0 Å². The lowest BCUT2D eigenvalue weighted by Crippen LogP contribution is -2.42. The SMILES string of the molecule is O=C(C1CC12CCOC2)N1CCC(n2c(=O)[nH]c3ccccc32)CC1. The number of fused-ring (bicyclic) bond motifs is 1. The fourth-order valence-electron chi connectivity index (χ4n) is 4.76. The van der Waals surface area contributed by atoms with Crippen LogP contribution < -0.4 is 5.69 Å². The molecule has 25 heavy (non-hydrogen) atoms. The molecule has 6 nitrogen and oxygen atoms in total. The second-order valence-corrected chi connectivity index (χ2v) is 7.80. The van der Waals surface area contributed by atoms with Crippen LogP contribution in [0.15, 0.2) is 29.1 Å². The molecule has 3 fully saturated rings. The number of para-hydroxylation sites is 2. The highest BCUT2D eigenvalue weighted by Crippen LogP contribution is 2.58. The fraction of sp³-hybridized carbons (Fsp3) is 0.579. The molecule has 6 heteroatoms. The lowest BCUT2D eigenvalue weighted by Gasteiger charge is -2.33. The van der Waals surface area contributed by atoms with Crippen molar-refractivity contribution in [1.29, 1.82) is 0 Å². The van der Waals surface area contributed by atoms with Crippen LogP contribution in [-0.2, 0) is 9.53 Å². The van der Waals surface area contributed by atoms with E-state index in [0.29, 0.717) is 5.91 Å². The number of carbonyl (C=O) groups is 1. The molecule has 2 unspecified atom stereocenters. The molecule has 1 spiro atoms. The number of piperidine rings is 1. The molecule has 3 aliphatic rings. The number of nitrogens with one attached hydrogen (secondary N) is 1. The first-order valence-corrected chi connectivity index (χ1v) is 9.24. The third kappa shape index (κ3) is 2.34. The third-order valence-electron chi connectivity index (χ3n) is 6.39. The third-order valence-corrected chi connectivity index (χ3v) is 6.39. The van der Waals surface area contributed by atoms with Crippen LogP contribution in [-0.4, -0.2) is 46.7 Å². The molecule has 132 valence electrons. The number of H-pyrrole nitrogens is 1. The molecular weight excluding hydrogens is 318 g/mol. The molecule has 1 aliphatic carbocycles. The molecule has 0 radical (unpaired) electrons. The highest BCUT2D eigenvalue weighted by molar-refractivity contribution is 5.83. The largest absolute Gasteiger partial charge is 0.381 e. The zero-order valence-electron chi connectivity index (χ0n) is 14.2. The van der Waals surface area contributed by atoms with Gasteiger partial charge in [0.15, 0.2) is 0 Å². The number of benzene rings is 1. The molecule has 1 aromatic carbocycles. The number of aromatic nitrogens is 2. The zero-order valence-corrected chi connectivity index (χ0v) is 14.2. The average molecular weight is 341 g/mol. The van der Waals surface area contributed by atoms with Crippen molar-refractivity contribution in [2.75, 3.05) is 26.3 Å². The number of nitrogens with zero attached hydrogens (tertiary/aromatic N) is 2. The molecule has 1 saturated carbocycles. The van der Waals surface area contributed by atoms with Crippen LogP contribution in [0, 0.1) is 11.3 Å². The summed E-state index contributed by atoms with van der Waals surface area (Å²) in [4.78, 5) is 30.1. The molecule has 2 saturated heterocycles. The molecule has 1 N–H and O–H groups in total. The number of ether oxygens (including phenoxy) is 1. The van der Waals surface area contributed by atoms with Crippen LogP contribution in [0.3, 0.4) is 0 Å². The van der Waals surface area contributed by atoms with Crippen LogP contribution in [0.1, 0.15) is 31.7 Å². The van der Waals surface area contributed by atoms with E-state index in [4.69, 9.17) is 4.74 Å². The van der Waals surface area contributed by atoms with E-state index < -0.39 is 0 Å². The quantitative estimate of drug-likeness (QED) is 0.907. The van der Waals surface area contributed by atoms with Crippen molar-refractivity contribution < 1.29 is 9.53 Å². The van der Waals surface area contributed by atoms with Gasteiger partial charge in [-0.1, -0.05) is 12.1 Å². The van der Waals surface area contributed by atoms with Gasteiger partial charge in [0.1, 0.15) is 0 Å². The molecule has 2 aromatic rings. The smallest absolute Gasteiger partial charge is 0.326 e. The Bertz CT molecular complexity index is 869. The van der Waals surface area contributed by atoms with Gasteiger partial charge in [-0.2, -0.15) is 0 Å². The number of imidazole rings is 1. The monoisotopic (exact) mass is 341 g/mol. The maximum absolute atomic E-state index is 12.8. The van der Waals surface area contributed by atoms with Gasteiger partial charge in [-0.3, -0.25) is 9.36 Å². The molecular formula is C19H23N3O3. The highest BCUT2D eigenvalue weighted by atomic mass is 16.5. The molecule has 1 amide bonds. The van der Waals surface area contributed by atoms with E-state index in [1.807, 2.05) is 33.7 Å². The van der Waals surface area contributed by atoms with Gasteiger partial charge in [-0.05, 0) is 37.8 Å². The maximum atomic E-state index is 12.8. The van der Waals surface area contributed by atoms with Gasteiger partial charge in [0, 0.05) is 37.1 Å². The fourth-order valence-corrected chi connectivity index (χ4v) is 4.76. The second kappa shape index (κ2) is 5.46. The van der Waals surface area contributed by atoms with Crippen LogP contribution in [0.5, 0.6) is 0 Å². The summed E-state index contributed by atoms with van der Waals surface area (Å²) in [7, 11) is 0. The van der Waals surface area contributed by atoms with Crippen molar-refractivity contribution in [1.82, 2.24) is 14.5 Å². The highest BCUT2D eigenvalue weighted by Gasteiger charge is 2.60. The zero-order chi connectivity index (χ0) is 17.0. The molecule has 1 aromatic heterocycles. The van der Waals surface area contributed by atoms with Gasteiger partial charge >= 0.3 is 5.69 Å². The van der Waals surface area contributed by atoms with Gasteiger partial charge < -0.3 is 14.6 Å². The van der Waals surface area contributed by atoms with Crippen LogP contribution in [0.4, 0.5) is 0 Å². The van der Waals surface area contributed by atoms with E-state index in [9.17, 15) is 9.59 Å². The summed E-state index contributed by atoms with van der Waals surface area (Å²) in [6, 6.07) is 7.97. The second-order valence-electron chi connectivity index (χ2n) is 7.80. The number of carbonyl (C=O) groups excluding carboxylic acids is 1. The van der Waals surface area contributed by atoms with E-state index >= 15 is 0 Å². The Morgan fingerprint density at radius 3 is 2.80 bits per heavy atom. The van der Waals surface area contributed by atoms with E-state index in [2.05, 4.69) is 4.98 Å². The Labute approximate surface area is 145 Å². The number of likely N-dealkylation sites (tertiary alicyclic amines) is 1. The Morgan fingerprint density at radius 1 is 1.24 bits per heavy atom. The van der Waals surface area contributed by atoms with Crippen molar-refractivity contribution in [2.45, 2.75) is 31.7 Å². The Morgan fingerprint density at radius 2 is 2.04 bits per heavy atom. The van der Waals surface area contributed by atoms with Gasteiger partial charge in [0.05, 0.1) is 17.6 Å². The summed E-state index contributed by atoms with van der Waals surface area (Å²) < 4.78 is 7.37. The van der Waals surface area contributed by atoms with Crippen LogP contribution >= 0.6 is 0 Å². The van der Waals surface area contributed by atoms with E-state index in [1.54, 1.807) is 0 Å². The number of aromatic amines is 1. The molecule has 2 atom stereocenters. The predicted molar refractivity (Wildman–Crippen MR) is 93.4 cm³/mol. The standard InChI is InChI=1S/C19H23N3O3/c23-17(14-11-19(14)7-10-25-12-19)21-8-5-13(6-9-21)22-16-4-2-1-3-15(16)20-18(22)24/h1-4,13-14H,5-12H2,(H,20,24).